The highest BCUT2D eigenvalue weighted by atomic mass is 16.2. The van der Waals surface area contributed by atoms with Crippen LogP contribution in [0.1, 0.15) is 25.7 Å². The van der Waals surface area contributed by atoms with Crippen LogP contribution in [0.25, 0.3) is 0 Å². The van der Waals surface area contributed by atoms with Gasteiger partial charge in [0.1, 0.15) is 0 Å². The van der Waals surface area contributed by atoms with Crippen LogP contribution in [-0.2, 0) is 0 Å². The van der Waals surface area contributed by atoms with Crippen LogP contribution in [0, 0.1) is 0 Å². The van der Waals surface area contributed by atoms with E-state index >= 15 is 0 Å². The Labute approximate surface area is 73.9 Å². The molecule has 2 unspecified atom stereocenters. The van der Waals surface area contributed by atoms with Gasteiger partial charge in [-0.2, -0.15) is 0 Å². The summed E-state index contributed by atoms with van der Waals surface area (Å²) >= 11 is 0. The molecule has 0 spiro atoms. The maximum atomic E-state index is 8.79. The van der Waals surface area contributed by atoms with Gasteiger partial charge < -0.3 is 5.11 Å². The van der Waals surface area contributed by atoms with E-state index < -0.39 is 0 Å². The molecule has 0 aliphatic carbocycles. The molecule has 0 saturated carbocycles. The summed E-state index contributed by atoms with van der Waals surface area (Å²) in [6.45, 7) is 0.221. The third-order valence-electron chi connectivity index (χ3n) is 3.36. The van der Waals surface area contributed by atoms with Crippen LogP contribution in [0.3, 0.4) is 0 Å². The Balaban J connectivity index is 2.07. The molecule has 2 aliphatic rings. The largest absolute Gasteiger partial charge is 0.392 e. The molecule has 0 aromatic heterocycles. The lowest BCUT2D eigenvalue weighted by Gasteiger charge is -2.32. The highest BCUT2D eigenvalue weighted by Gasteiger charge is 2.35. The molecule has 0 aromatic rings. The van der Waals surface area contributed by atoms with Crippen molar-refractivity contribution in [3.8, 4) is 0 Å². The number of piperidine rings is 1. The third-order valence-corrected chi connectivity index (χ3v) is 3.36. The fourth-order valence-corrected chi connectivity index (χ4v) is 2.57. The van der Waals surface area contributed by atoms with Gasteiger partial charge in [0.25, 0.3) is 0 Å². The van der Waals surface area contributed by atoms with Crippen LogP contribution in [0.5, 0.6) is 0 Å². The number of rotatable bonds is 1. The quantitative estimate of drug-likeness (QED) is 0.592. The van der Waals surface area contributed by atoms with Crippen LogP contribution in [-0.4, -0.2) is 35.7 Å². The van der Waals surface area contributed by atoms with E-state index in [1.54, 1.807) is 0 Å². The Morgan fingerprint density at radius 3 is 2.50 bits per heavy atom. The Hall–Kier alpha value is -0.340. The molecule has 0 amide bonds. The highest BCUT2D eigenvalue weighted by molar-refractivity contribution is 5.13. The summed E-state index contributed by atoms with van der Waals surface area (Å²) in [6.07, 6.45) is 7.08. The van der Waals surface area contributed by atoms with Crippen molar-refractivity contribution in [2.45, 2.75) is 37.8 Å². The van der Waals surface area contributed by atoms with E-state index in [9.17, 15) is 0 Å². The summed E-state index contributed by atoms with van der Waals surface area (Å²) in [4.78, 5) is 2.51. The number of hydrogen-bond donors (Lipinski definition) is 1. The van der Waals surface area contributed by atoms with Crippen LogP contribution in [0.4, 0.5) is 0 Å². The number of hydrogen-bond acceptors (Lipinski definition) is 2. The molecule has 2 atom stereocenters. The van der Waals surface area contributed by atoms with Crippen LogP contribution >= 0.6 is 0 Å². The Kier molecular flexibility index (Phi) is 2.20. The molecule has 2 saturated heterocycles. The Morgan fingerprint density at radius 1 is 1.42 bits per heavy atom. The standard InChI is InChI=1S/C10H17NO/c1-11-9-2-3-10(11)7-8(6-9)4-5-12/h4,9-10,12H,2-3,5-7H2,1H3. The van der Waals surface area contributed by atoms with Gasteiger partial charge in [-0.25, -0.2) is 0 Å². The predicted molar refractivity (Wildman–Crippen MR) is 49.0 cm³/mol. The summed E-state index contributed by atoms with van der Waals surface area (Å²) in [5.74, 6) is 0. The van der Waals surface area contributed by atoms with Gasteiger partial charge in [-0.3, -0.25) is 4.90 Å². The average molecular weight is 167 g/mol. The fourth-order valence-electron chi connectivity index (χ4n) is 2.57. The molecular formula is C10H17NO. The van der Waals surface area contributed by atoms with Gasteiger partial charge in [-0.15, -0.1) is 0 Å². The van der Waals surface area contributed by atoms with E-state index in [0.29, 0.717) is 0 Å². The second-order valence-corrected chi connectivity index (χ2v) is 4.00. The second kappa shape index (κ2) is 3.19. The summed E-state index contributed by atoms with van der Waals surface area (Å²) in [5.41, 5.74) is 1.48. The van der Waals surface area contributed by atoms with Crippen molar-refractivity contribution >= 4 is 0 Å². The number of aliphatic hydroxyl groups is 1. The van der Waals surface area contributed by atoms with Crippen LogP contribution < -0.4 is 0 Å². The van der Waals surface area contributed by atoms with Crippen molar-refractivity contribution < 1.29 is 5.11 Å². The lowest BCUT2D eigenvalue weighted by molar-refractivity contribution is 0.208. The summed E-state index contributed by atoms with van der Waals surface area (Å²) in [7, 11) is 2.23. The highest BCUT2D eigenvalue weighted by Crippen LogP contribution is 2.36. The first-order valence-corrected chi connectivity index (χ1v) is 4.82. The second-order valence-electron chi connectivity index (χ2n) is 4.00. The van der Waals surface area contributed by atoms with E-state index in [2.05, 4.69) is 11.9 Å². The molecule has 1 N–H and O–H groups in total. The van der Waals surface area contributed by atoms with Gasteiger partial charge in [0, 0.05) is 12.1 Å². The molecule has 2 aliphatic heterocycles. The van der Waals surface area contributed by atoms with Gasteiger partial charge in [-0.05, 0) is 32.7 Å². The predicted octanol–water partition coefficient (Wildman–Crippen LogP) is 1.16. The molecule has 2 nitrogen and oxygen atoms in total. The minimum Gasteiger partial charge on any atom is -0.392 e. The minimum atomic E-state index is 0.221. The Morgan fingerprint density at radius 2 is 2.00 bits per heavy atom. The van der Waals surface area contributed by atoms with Crippen molar-refractivity contribution in [3.05, 3.63) is 11.6 Å². The Bertz CT molecular complexity index is 184. The molecule has 0 radical (unpaired) electrons. The van der Waals surface area contributed by atoms with E-state index in [1.165, 1.54) is 31.3 Å². The van der Waals surface area contributed by atoms with Gasteiger partial charge in [0.05, 0.1) is 6.61 Å². The number of fused-ring (bicyclic) bond motifs is 2. The smallest absolute Gasteiger partial charge is 0.0615 e. The van der Waals surface area contributed by atoms with Crippen LogP contribution in [0.15, 0.2) is 11.6 Å². The van der Waals surface area contributed by atoms with Crippen molar-refractivity contribution in [2.75, 3.05) is 13.7 Å². The molecule has 68 valence electrons. The molecular weight excluding hydrogens is 150 g/mol. The van der Waals surface area contributed by atoms with Crippen LogP contribution in [0.2, 0.25) is 0 Å². The van der Waals surface area contributed by atoms with E-state index in [1.807, 2.05) is 6.08 Å². The van der Waals surface area contributed by atoms with Crippen molar-refractivity contribution in [1.29, 1.82) is 0 Å². The van der Waals surface area contributed by atoms with Gasteiger partial charge in [0.15, 0.2) is 0 Å². The lowest BCUT2D eigenvalue weighted by Crippen LogP contribution is -2.37. The molecule has 2 bridgehead atoms. The maximum absolute atomic E-state index is 8.79. The molecule has 0 aromatic carbocycles. The summed E-state index contributed by atoms with van der Waals surface area (Å²) in [5, 5.41) is 8.79. The molecule has 2 heterocycles. The first kappa shape index (κ1) is 8.27. The summed E-state index contributed by atoms with van der Waals surface area (Å²) < 4.78 is 0. The van der Waals surface area contributed by atoms with E-state index in [4.69, 9.17) is 5.11 Å². The molecule has 2 heteroatoms. The van der Waals surface area contributed by atoms with Gasteiger partial charge in [0.2, 0.25) is 0 Å². The zero-order chi connectivity index (χ0) is 8.55. The zero-order valence-electron chi connectivity index (χ0n) is 7.66. The van der Waals surface area contributed by atoms with Crippen molar-refractivity contribution in [3.63, 3.8) is 0 Å². The topological polar surface area (TPSA) is 23.5 Å². The van der Waals surface area contributed by atoms with Gasteiger partial charge >= 0.3 is 0 Å². The molecule has 2 rings (SSSR count). The number of aliphatic hydroxyl groups excluding tert-OH is 1. The maximum Gasteiger partial charge on any atom is 0.0615 e. The first-order valence-electron chi connectivity index (χ1n) is 4.82. The van der Waals surface area contributed by atoms with Gasteiger partial charge in [-0.1, -0.05) is 11.6 Å². The minimum absolute atomic E-state index is 0.221. The fraction of sp³-hybridized carbons (Fsp3) is 0.800. The number of nitrogens with zero attached hydrogens (tertiary/aromatic N) is 1. The van der Waals surface area contributed by atoms with E-state index in [0.717, 1.165) is 12.1 Å². The van der Waals surface area contributed by atoms with Crippen molar-refractivity contribution in [2.24, 2.45) is 0 Å². The van der Waals surface area contributed by atoms with E-state index in [-0.39, 0.29) is 6.61 Å². The summed E-state index contributed by atoms with van der Waals surface area (Å²) in [6, 6.07) is 1.53. The third kappa shape index (κ3) is 1.29. The first-order chi connectivity index (χ1) is 5.81. The van der Waals surface area contributed by atoms with Crippen molar-refractivity contribution in [1.82, 2.24) is 4.90 Å². The monoisotopic (exact) mass is 167 g/mol. The lowest BCUT2D eigenvalue weighted by atomic mass is 9.97. The molecule has 2 fully saturated rings. The SMILES string of the molecule is CN1C2CCC1CC(=CCO)C2. The molecule has 12 heavy (non-hydrogen) atoms. The zero-order valence-corrected chi connectivity index (χ0v) is 7.66. The normalized spacial score (nSPS) is 35.7. The average Bonchev–Trinajstić information content (AvgIpc) is 2.33.